The summed E-state index contributed by atoms with van der Waals surface area (Å²) in [5, 5.41) is 12.1. The Hall–Kier alpha value is -0.910. The number of likely N-dealkylation sites (N-methyl/N-ethyl adjacent to an activating group) is 1. The minimum atomic E-state index is -0.334. The fourth-order valence-electron chi connectivity index (χ4n) is 1.69. The van der Waals surface area contributed by atoms with Crippen LogP contribution in [0.3, 0.4) is 0 Å². The van der Waals surface area contributed by atoms with Gasteiger partial charge in [-0.1, -0.05) is 15.9 Å². The van der Waals surface area contributed by atoms with Crippen LogP contribution >= 0.6 is 15.9 Å². The molecule has 0 fully saturated rings. The van der Waals surface area contributed by atoms with Gasteiger partial charge in [-0.05, 0) is 51.1 Å². The van der Waals surface area contributed by atoms with Crippen molar-refractivity contribution in [3.63, 3.8) is 0 Å². The van der Waals surface area contributed by atoms with E-state index < -0.39 is 0 Å². The summed E-state index contributed by atoms with van der Waals surface area (Å²) in [5.74, 6) is -0.0430. The second-order valence-corrected chi connectivity index (χ2v) is 5.80. The SMILES string of the molecule is Cc1cc(Br)ccc1NC(=O)CN(C)CCC(C)O. The van der Waals surface area contributed by atoms with E-state index in [0.29, 0.717) is 19.5 Å². The molecule has 1 aromatic carbocycles. The number of benzene rings is 1. The number of rotatable bonds is 6. The van der Waals surface area contributed by atoms with Crippen LogP contribution < -0.4 is 5.32 Å². The van der Waals surface area contributed by atoms with E-state index in [9.17, 15) is 9.90 Å². The molecule has 0 spiro atoms. The molecule has 0 saturated carbocycles. The van der Waals surface area contributed by atoms with Crippen molar-refractivity contribution in [2.45, 2.75) is 26.4 Å². The highest BCUT2D eigenvalue weighted by Gasteiger charge is 2.09. The standard InChI is InChI=1S/C14H21BrN2O2/c1-10-8-12(15)4-5-13(10)16-14(19)9-17(3)7-6-11(2)18/h4-5,8,11,18H,6-7,9H2,1-3H3,(H,16,19). The van der Waals surface area contributed by atoms with Gasteiger partial charge in [-0.3, -0.25) is 9.69 Å². The molecular weight excluding hydrogens is 308 g/mol. The summed E-state index contributed by atoms with van der Waals surface area (Å²) in [6.45, 7) is 4.73. The highest BCUT2D eigenvalue weighted by atomic mass is 79.9. The summed E-state index contributed by atoms with van der Waals surface area (Å²) < 4.78 is 0.997. The average molecular weight is 329 g/mol. The van der Waals surface area contributed by atoms with Gasteiger partial charge in [0.25, 0.3) is 0 Å². The number of aliphatic hydroxyl groups excluding tert-OH is 1. The van der Waals surface area contributed by atoms with Crippen LogP contribution in [0.25, 0.3) is 0 Å². The van der Waals surface area contributed by atoms with E-state index in [1.807, 2.05) is 37.1 Å². The maximum absolute atomic E-state index is 11.9. The summed E-state index contributed by atoms with van der Waals surface area (Å²) in [6, 6.07) is 5.75. The molecule has 19 heavy (non-hydrogen) atoms. The summed E-state index contributed by atoms with van der Waals surface area (Å²) in [4.78, 5) is 13.8. The Bertz CT molecular complexity index is 435. The van der Waals surface area contributed by atoms with E-state index in [2.05, 4.69) is 21.2 Å². The third kappa shape index (κ3) is 6.18. The van der Waals surface area contributed by atoms with Crippen LogP contribution in [0, 0.1) is 6.92 Å². The number of nitrogens with one attached hydrogen (secondary N) is 1. The van der Waals surface area contributed by atoms with Crippen LogP contribution in [0.4, 0.5) is 5.69 Å². The minimum Gasteiger partial charge on any atom is -0.393 e. The first-order chi connectivity index (χ1) is 8.88. The molecular formula is C14H21BrN2O2. The first kappa shape index (κ1) is 16.1. The number of carbonyl (C=O) groups is 1. The van der Waals surface area contributed by atoms with E-state index in [-0.39, 0.29) is 12.0 Å². The smallest absolute Gasteiger partial charge is 0.238 e. The van der Waals surface area contributed by atoms with Gasteiger partial charge in [-0.2, -0.15) is 0 Å². The highest BCUT2D eigenvalue weighted by molar-refractivity contribution is 9.10. The Morgan fingerprint density at radius 2 is 2.21 bits per heavy atom. The van der Waals surface area contributed by atoms with Crippen molar-refractivity contribution in [2.75, 3.05) is 25.5 Å². The van der Waals surface area contributed by atoms with Gasteiger partial charge in [0.1, 0.15) is 0 Å². The van der Waals surface area contributed by atoms with E-state index in [1.165, 1.54) is 0 Å². The molecule has 106 valence electrons. The van der Waals surface area contributed by atoms with Gasteiger partial charge >= 0.3 is 0 Å². The quantitative estimate of drug-likeness (QED) is 0.843. The first-order valence-electron chi connectivity index (χ1n) is 6.31. The Kier molecular flexibility index (Phi) is 6.48. The van der Waals surface area contributed by atoms with E-state index in [1.54, 1.807) is 6.92 Å². The zero-order valence-corrected chi connectivity index (χ0v) is 13.2. The van der Waals surface area contributed by atoms with E-state index in [4.69, 9.17) is 0 Å². The van der Waals surface area contributed by atoms with Crippen LogP contribution in [0.5, 0.6) is 0 Å². The van der Waals surface area contributed by atoms with Crippen molar-refractivity contribution in [2.24, 2.45) is 0 Å². The van der Waals surface area contributed by atoms with Crippen LogP contribution in [0.2, 0.25) is 0 Å². The number of hydrogen-bond donors (Lipinski definition) is 2. The lowest BCUT2D eigenvalue weighted by Gasteiger charge is -2.17. The Morgan fingerprint density at radius 1 is 1.53 bits per heavy atom. The fraction of sp³-hybridized carbons (Fsp3) is 0.500. The van der Waals surface area contributed by atoms with E-state index >= 15 is 0 Å². The van der Waals surface area contributed by atoms with Crippen molar-refractivity contribution < 1.29 is 9.90 Å². The Labute approximate surface area is 122 Å². The van der Waals surface area contributed by atoms with Gasteiger partial charge in [0.2, 0.25) is 5.91 Å². The number of aliphatic hydroxyl groups is 1. The summed E-state index contributed by atoms with van der Waals surface area (Å²) in [6.07, 6.45) is 0.334. The highest BCUT2D eigenvalue weighted by Crippen LogP contribution is 2.19. The second kappa shape index (κ2) is 7.62. The number of carbonyl (C=O) groups excluding carboxylic acids is 1. The lowest BCUT2D eigenvalue weighted by molar-refractivity contribution is -0.117. The zero-order valence-electron chi connectivity index (χ0n) is 11.6. The molecule has 1 unspecified atom stereocenters. The molecule has 1 rings (SSSR count). The van der Waals surface area contributed by atoms with Crippen molar-refractivity contribution in [3.05, 3.63) is 28.2 Å². The molecule has 2 N–H and O–H groups in total. The number of nitrogens with zero attached hydrogens (tertiary/aromatic N) is 1. The van der Waals surface area contributed by atoms with E-state index in [0.717, 1.165) is 15.7 Å². The minimum absolute atomic E-state index is 0.0430. The van der Waals surface area contributed by atoms with Crippen molar-refractivity contribution >= 4 is 27.5 Å². The normalized spacial score (nSPS) is 12.5. The predicted molar refractivity (Wildman–Crippen MR) is 81.3 cm³/mol. The van der Waals surface area contributed by atoms with Gasteiger partial charge in [-0.25, -0.2) is 0 Å². The first-order valence-corrected chi connectivity index (χ1v) is 7.10. The monoisotopic (exact) mass is 328 g/mol. The molecule has 0 aliphatic rings. The van der Waals surface area contributed by atoms with Gasteiger partial charge in [0, 0.05) is 16.7 Å². The average Bonchev–Trinajstić information content (AvgIpc) is 2.30. The summed E-state index contributed by atoms with van der Waals surface area (Å²) >= 11 is 3.39. The topological polar surface area (TPSA) is 52.6 Å². The van der Waals surface area contributed by atoms with Crippen LogP contribution in [0.1, 0.15) is 18.9 Å². The number of aryl methyl sites for hydroxylation is 1. The summed E-state index contributed by atoms with van der Waals surface area (Å²) in [5.41, 5.74) is 1.85. The third-order valence-corrected chi connectivity index (χ3v) is 3.30. The molecule has 0 saturated heterocycles. The van der Waals surface area contributed by atoms with Crippen molar-refractivity contribution in [1.82, 2.24) is 4.90 Å². The molecule has 1 aromatic rings. The molecule has 0 radical (unpaired) electrons. The summed E-state index contributed by atoms with van der Waals surface area (Å²) in [7, 11) is 1.87. The molecule has 0 aromatic heterocycles. The van der Waals surface area contributed by atoms with Gasteiger partial charge in [-0.15, -0.1) is 0 Å². The molecule has 0 aliphatic heterocycles. The number of hydrogen-bond acceptors (Lipinski definition) is 3. The lowest BCUT2D eigenvalue weighted by Crippen LogP contribution is -2.32. The zero-order chi connectivity index (χ0) is 14.4. The van der Waals surface area contributed by atoms with Gasteiger partial charge < -0.3 is 10.4 Å². The van der Waals surface area contributed by atoms with Crippen molar-refractivity contribution in [1.29, 1.82) is 0 Å². The predicted octanol–water partition coefficient (Wildman–Crippen LogP) is 2.40. The molecule has 5 heteroatoms. The fourth-order valence-corrected chi connectivity index (χ4v) is 2.16. The maximum atomic E-state index is 11.9. The lowest BCUT2D eigenvalue weighted by atomic mass is 10.2. The molecule has 4 nitrogen and oxygen atoms in total. The number of amides is 1. The Balaban J connectivity index is 2.46. The molecule has 0 bridgehead atoms. The van der Waals surface area contributed by atoms with Crippen molar-refractivity contribution in [3.8, 4) is 0 Å². The number of halogens is 1. The third-order valence-electron chi connectivity index (χ3n) is 2.80. The molecule has 1 amide bonds. The van der Waals surface area contributed by atoms with Crippen LogP contribution in [0.15, 0.2) is 22.7 Å². The van der Waals surface area contributed by atoms with Gasteiger partial charge in [0.05, 0.1) is 12.6 Å². The molecule has 0 aliphatic carbocycles. The molecule has 1 atom stereocenters. The largest absolute Gasteiger partial charge is 0.393 e. The Morgan fingerprint density at radius 3 is 2.79 bits per heavy atom. The van der Waals surface area contributed by atoms with Gasteiger partial charge in [0.15, 0.2) is 0 Å². The molecule has 0 heterocycles. The van der Waals surface area contributed by atoms with Crippen LogP contribution in [-0.4, -0.2) is 42.2 Å². The number of anilines is 1. The van der Waals surface area contributed by atoms with Crippen LogP contribution in [-0.2, 0) is 4.79 Å². The second-order valence-electron chi connectivity index (χ2n) is 4.88. The maximum Gasteiger partial charge on any atom is 0.238 e.